The zero-order valence-electron chi connectivity index (χ0n) is 14.5. The molecule has 1 unspecified atom stereocenters. The summed E-state index contributed by atoms with van der Waals surface area (Å²) >= 11 is 0. The van der Waals surface area contributed by atoms with Gasteiger partial charge in [-0.3, -0.25) is 9.78 Å². The maximum Gasteiger partial charge on any atom is 0.225 e. The number of hydrogen-bond donors (Lipinski definition) is 2. The van der Waals surface area contributed by atoms with Gasteiger partial charge in [-0.25, -0.2) is 4.98 Å². The van der Waals surface area contributed by atoms with Crippen LogP contribution in [0.4, 0.5) is 5.95 Å². The van der Waals surface area contributed by atoms with Gasteiger partial charge in [0.15, 0.2) is 5.65 Å². The van der Waals surface area contributed by atoms with Crippen molar-refractivity contribution < 1.29 is 0 Å². The van der Waals surface area contributed by atoms with Crippen LogP contribution in [-0.2, 0) is 6.42 Å². The zero-order valence-corrected chi connectivity index (χ0v) is 14.5. The molecule has 2 N–H and O–H groups in total. The van der Waals surface area contributed by atoms with Gasteiger partial charge in [0.2, 0.25) is 5.95 Å². The lowest BCUT2D eigenvalue weighted by Gasteiger charge is -2.25. The fourth-order valence-corrected chi connectivity index (χ4v) is 4.39. The van der Waals surface area contributed by atoms with Crippen molar-refractivity contribution in [2.75, 3.05) is 5.32 Å². The van der Waals surface area contributed by atoms with Crippen molar-refractivity contribution in [2.45, 2.75) is 64.0 Å². The smallest absolute Gasteiger partial charge is 0.225 e. The van der Waals surface area contributed by atoms with E-state index < -0.39 is 0 Å². The van der Waals surface area contributed by atoms with Gasteiger partial charge < -0.3 is 5.32 Å². The van der Waals surface area contributed by atoms with Crippen molar-refractivity contribution in [3.05, 3.63) is 29.3 Å². The highest BCUT2D eigenvalue weighted by Gasteiger charge is 2.28. The number of nitrogens with one attached hydrogen (secondary N) is 2. The number of aryl methyl sites for hydroxylation is 1. The van der Waals surface area contributed by atoms with Gasteiger partial charge in [0.1, 0.15) is 0 Å². The van der Waals surface area contributed by atoms with Gasteiger partial charge in [-0.05, 0) is 39.0 Å². The van der Waals surface area contributed by atoms with Gasteiger partial charge in [-0.2, -0.15) is 15.2 Å². The third kappa shape index (κ3) is 2.49. The average molecular weight is 337 g/mol. The van der Waals surface area contributed by atoms with Crippen LogP contribution in [-0.4, -0.2) is 29.9 Å². The van der Waals surface area contributed by atoms with Crippen molar-refractivity contribution in [2.24, 2.45) is 0 Å². The first kappa shape index (κ1) is 14.9. The number of hydrogen-bond acceptors (Lipinski definition) is 5. The van der Waals surface area contributed by atoms with Gasteiger partial charge in [-0.1, -0.05) is 12.8 Å². The minimum Gasteiger partial charge on any atom is -0.347 e. The van der Waals surface area contributed by atoms with E-state index in [1.807, 2.05) is 6.92 Å². The van der Waals surface area contributed by atoms with Gasteiger partial charge in [-0.15, -0.1) is 0 Å². The highest BCUT2D eigenvalue weighted by Crippen LogP contribution is 2.37. The lowest BCUT2D eigenvalue weighted by molar-refractivity contribution is 0.437. The Morgan fingerprint density at radius 3 is 2.88 bits per heavy atom. The molecular formula is C18H23N7. The van der Waals surface area contributed by atoms with Crippen LogP contribution in [0.3, 0.4) is 0 Å². The zero-order chi connectivity index (χ0) is 16.8. The second-order valence-electron chi connectivity index (χ2n) is 7.28. The molecule has 3 heterocycles. The summed E-state index contributed by atoms with van der Waals surface area (Å²) in [4.78, 5) is 9.20. The molecule has 0 amide bonds. The van der Waals surface area contributed by atoms with Gasteiger partial charge in [0, 0.05) is 11.3 Å². The van der Waals surface area contributed by atoms with Crippen molar-refractivity contribution in [1.82, 2.24) is 29.9 Å². The Morgan fingerprint density at radius 1 is 1.12 bits per heavy atom. The summed E-state index contributed by atoms with van der Waals surface area (Å²) in [6.07, 6.45) is 12.4. The van der Waals surface area contributed by atoms with E-state index in [4.69, 9.17) is 5.10 Å². The molecule has 0 spiro atoms. The molecule has 130 valence electrons. The van der Waals surface area contributed by atoms with Crippen molar-refractivity contribution >= 4 is 17.0 Å². The molecule has 0 aliphatic heterocycles. The van der Waals surface area contributed by atoms with E-state index in [1.54, 1.807) is 6.20 Å². The van der Waals surface area contributed by atoms with E-state index in [-0.39, 0.29) is 6.04 Å². The summed E-state index contributed by atoms with van der Waals surface area (Å²) in [6, 6.07) is 0.834. The van der Waals surface area contributed by atoms with Crippen molar-refractivity contribution in [3.8, 4) is 0 Å². The molecule has 1 atom stereocenters. The minimum atomic E-state index is 0.235. The van der Waals surface area contributed by atoms with Crippen LogP contribution in [0.25, 0.3) is 11.0 Å². The lowest BCUT2D eigenvalue weighted by Crippen LogP contribution is -2.20. The summed E-state index contributed by atoms with van der Waals surface area (Å²) in [5.74, 6) is 0.667. The maximum absolute atomic E-state index is 4.75. The van der Waals surface area contributed by atoms with Gasteiger partial charge in [0.05, 0.1) is 35.6 Å². The average Bonchev–Trinajstić information content (AvgIpc) is 3.35. The molecule has 2 aliphatic carbocycles. The van der Waals surface area contributed by atoms with Crippen LogP contribution in [0.15, 0.2) is 12.4 Å². The second-order valence-corrected chi connectivity index (χ2v) is 7.28. The second kappa shape index (κ2) is 5.82. The summed E-state index contributed by atoms with van der Waals surface area (Å²) in [7, 11) is 0. The summed E-state index contributed by atoms with van der Waals surface area (Å²) in [5.41, 5.74) is 4.46. The van der Waals surface area contributed by atoms with E-state index in [0.29, 0.717) is 12.0 Å². The fourth-order valence-electron chi connectivity index (χ4n) is 4.39. The Hall–Kier alpha value is -2.44. The molecule has 0 bridgehead atoms. The fraction of sp³-hybridized carbons (Fsp3) is 0.556. The van der Waals surface area contributed by atoms with Crippen molar-refractivity contribution in [1.29, 1.82) is 0 Å². The Balaban J connectivity index is 1.45. The quantitative estimate of drug-likeness (QED) is 0.764. The largest absolute Gasteiger partial charge is 0.347 e. The normalized spacial score (nSPS) is 20.9. The number of fused-ring (bicyclic) bond motifs is 2. The summed E-state index contributed by atoms with van der Waals surface area (Å²) in [6.45, 7) is 2.00. The highest BCUT2D eigenvalue weighted by atomic mass is 15.3. The Morgan fingerprint density at radius 2 is 2.00 bits per heavy atom. The predicted molar refractivity (Wildman–Crippen MR) is 95.5 cm³/mol. The maximum atomic E-state index is 4.75. The number of aromatic nitrogens is 6. The van der Waals surface area contributed by atoms with Crippen LogP contribution in [0.1, 0.15) is 67.6 Å². The van der Waals surface area contributed by atoms with Crippen LogP contribution in [0.2, 0.25) is 0 Å². The first-order valence-electron chi connectivity index (χ1n) is 9.30. The van der Waals surface area contributed by atoms with E-state index in [1.165, 1.54) is 43.4 Å². The molecule has 5 rings (SSSR count). The molecule has 1 saturated carbocycles. The monoisotopic (exact) mass is 337 g/mol. The van der Waals surface area contributed by atoms with Gasteiger partial charge in [0.25, 0.3) is 0 Å². The molecule has 0 aromatic carbocycles. The Bertz CT molecular complexity index is 903. The standard InChI is InChI=1S/C18H23N7/c1-11-13-9-19-24-17(13)23-18(21-11)22-15-7-4-8-16-14(15)10-20-25(16)12-5-2-3-6-12/h9-10,12,15H,2-8H2,1H3,(H2,19,21,22,23,24). The van der Waals surface area contributed by atoms with E-state index >= 15 is 0 Å². The van der Waals surface area contributed by atoms with Crippen LogP contribution in [0.5, 0.6) is 0 Å². The summed E-state index contributed by atoms with van der Waals surface area (Å²) in [5, 5.41) is 16.3. The van der Waals surface area contributed by atoms with E-state index in [0.717, 1.165) is 29.6 Å². The molecule has 3 aromatic rings. The molecule has 0 radical (unpaired) electrons. The number of H-pyrrole nitrogens is 1. The number of rotatable bonds is 3. The van der Waals surface area contributed by atoms with Gasteiger partial charge >= 0.3 is 0 Å². The topological polar surface area (TPSA) is 84.3 Å². The Labute approximate surface area is 146 Å². The first-order chi connectivity index (χ1) is 12.3. The molecule has 7 nitrogen and oxygen atoms in total. The van der Waals surface area contributed by atoms with Crippen LogP contribution >= 0.6 is 0 Å². The lowest BCUT2D eigenvalue weighted by atomic mass is 9.93. The van der Waals surface area contributed by atoms with E-state index in [9.17, 15) is 0 Å². The molecule has 0 saturated heterocycles. The van der Waals surface area contributed by atoms with E-state index in [2.05, 4.69) is 36.4 Å². The molecule has 1 fully saturated rings. The molecular weight excluding hydrogens is 314 g/mol. The van der Waals surface area contributed by atoms with Crippen LogP contribution in [0, 0.1) is 6.92 Å². The Kier molecular flexibility index (Phi) is 3.46. The SMILES string of the molecule is Cc1nc(NC2CCCc3c2cnn3C2CCCC2)nc2[nH]ncc12. The minimum absolute atomic E-state index is 0.235. The van der Waals surface area contributed by atoms with Crippen molar-refractivity contribution in [3.63, 3.8) is 0 Å². The van der Waals surface area contributed by atoms with Crippen LogP contribution < -0.4 is 5.32 Å². The molecule has 3 aromatic heterocycles. The number of nitrogens with zero attached hydrogens (tertiary/aromatic N) is 5. The highest BCUT2D eigenvalue weighted by molar-refractivity contribution is 5.77. The first-order valence-corrected chi connectivity index (χ1v) is 9.30. The predicted octanol–water partition coefficient (Wildman–Crippen LogP) is 3.46. The number of aromatic amines is 1. The molecule has 7 heteroatoms. The third-order valence-electron chi connectivity index (χ3n) is 5.69. The summed E-state index contributed by atoms with van der Waals surface area (Å²) < 4.78 is 2.31. The molecule has 2 aliphatic rings. The molecule has 25 heavy (non-hydrogen) atoms. The number of anilines is 1. The third-order valence-corrected chi connectivity index (χ3v) is 5.69.